The van der Waals surface area contributed by atoms with Crippen LogP contribution in [-0.2, 0) is 0 Å². The maximum absolute atomic E-state index is 5.93. The molecule has 0 saturated carbocycles. The third-order valence-electron chi connectivity index (χ3n) is 2.50. The van der Waals surface area contributed by atoms with Gasteiger partial charge in [-0.25, -0.2) is 0 Å². The molecule has 0 amide bonds. The molecule has 1 aromatic carbocycles. The van der Waals surface area contributed by atoms with E-state index in [0.717, 1.165) is 11.4 Å². The molecule has 1 N–H and O–H groups in total. The van der Waals surface area contributed by atoms with Crippen molar-refractivity contribution in [2.45, 2.75) is 39.3 Å². The van der Waals surface area contributed by atoms with Crippen LogP contribution in [0, 0.1) is 0 Å². The fourth-order valence-corrected chi connectivity index (χ4v) is 1.62. The van der Waals surface area contributed by atoms with Crippen LogP contribution in [0.5, 0.6) is 0 Å². The Morgan fingerprint density at radius 3 is 2.64 bits per heavy atom. The van der Waals surface area contributed by atoms with Crippen molar-refractivity contribution in [3.63, 3.8) is 0 Å². The number of nitrogens with one attached hydrogen (secondary N) is 1. The van der Waals surface area contributed by atoms with E-state index < -0.39 is 0 Å². The molecule has 0 aliphatic rings. The van der Waals surface area contributed by atoms with Crippen LogP contribution in [0.4, 0.5) is 0 Å². The van der Waals surface area contributed by atoms with Crippen LogP contribution < -0.4 is 5.32 Å². The number of halogens is 1. The number of benzene rings is 1. The third-order valence-corrected chi connectivity index (χ3v) is 2.73. The van der Waals surface area contributed by atoms with Crippen molar-refractivity contribution in [1.82, 2.24) is 5.32 Å². The van der Waals surface area contributed by atoms with Gasteiger partial charge < -0.3 is 5.32 Å². The maximum atomic E-state index is 5.93. The highest BCUT2D eigenvalue weighted by atomic mass is 35.5. The van der Waals surface area contributed by atoms with Gasteiger partial charge in [-0.1, -0.05) is 30.7 Å². The van der Waals surface area contributed by atoms with Gasteiger partial charge in [0.2, 0.25) is 0 Å². The number of rotatable bonds is 4. The SMILES string of the molecule is CCC(C)N[C@@H](C)c1cccc(Cl)c1. The van der Waals surface area contributed by atoms with Gasteiger partial charge in [-0.2, -0.15) is 0 Å². The minimum Gasteiger partial charge on any atom is -0.308 e. The molecule has 2 atom stereocenters. The highest BCUT2D eigenvalue weighted by Crippen LogP contribution is 2.17. The molecule has 0 aliphatic carbocycles. The van der Waals surface area contributed by atoms with Crippen LogP contribution in [0.25, 0.3) is 0 Å². The normalized spacial score (nSPS) is 15.1. The molecule has 0 heterocycles. The van der Waals surface area contributed by atoms with Gasteiger partial charge in [-0.05, 0) is 38.0 Å². The first-order valence-electron chi connectivity index (χ1n) is 5.15. The van der Waals surface area contributed by atoms with E-state index in [-0.39, 0.29) is 0 Å². The predicted octanol–water partition coefficient (Wildman–Crippen LogP) is 3.79. The molecular weight excluding hydrogens is 194 g/mol. The minimum atomic E-state index is 0.364. The zero-order valence-corrected chi connectivity index (χ0v) is 9.81. The summed E-state index contributed by atoms with van der Waals surface area (Å²) in [6, 6.07) is 8.92. The van der Waals surface area contributed by atoms with Crippen molar-refractivity contribution in [2.24, 2.45) is 0 Å². The zero-order chi connectivity index (χ0) is 10.6. The van der Waals surface area contributed by atoms with E-state index in [2.05, 4.69) is 32.2 Å². The molecule has 1 nitrogen and oxygen atoms in total. The molecule has 0 saturated heterocycles. The topological polar surface area (TPSA) is 12.0 Å². The second-order valence-electron chi connectivity index (χ2n) is 3.75. The van der Waals surface area contributed by atoms with Gasteiger partial charge in [0, 0.05) is 17.1 Å². The second-order valence-corrected chi connectivity index (χ2v) is 4.19. The lowest BCUT2D eigenvalue weighted by Crippen LogP contribution is -2.28. The van der Waals surface area contributed by atoms with E-state index in [4.69, 9.17) is 11.6 Å². The Bertz CT molecular complexity index is 285. The molecule has 0 aliphatic heterocycles. The van der Waals surface area contributed by atoms with Crippen LogP contribution in [0.15, 0.2) is 24.3 Å². The van der Waals surface area contributed by atoms with Crippen molar-refractivity contribution in [1.29, 1.82) is 0 Å². The molecule has 0 fully saturated rings. The molecule has 14 heavy (non-hydrogen) atoms. The summed E-state index contributed by atoms with van der Waals surface area (Å²) in [6.07, 6.45) is 1.14. The van der Waals surface area contributed by atoms with E-state index >= 15 is 0 Å². The summed E-state index contributed by atoms with van der Waals surface area (Å²) in [5, 5.41) is 4.32. The Hall–Kier alpha value is -0.530. The average molecular weight is 212 g/mol. The maximum Gasteiger partial charge on any atom is 0.0409 e. The van der Waals surface area contributed by atoms with E-state index in [9.17, 15) is 0 Å². The van der Waals surface area contributed by atoms with Gasteiger partial charge in [0.1, 0.15) is 0 Å². The van der Waals surface area contributed by atoms with Crippen LogP contribution in [0.3, 0.4) is 0 Å². The molecule has 1 unspecified atom stereocenters. The molecule has 78 valence electrons. The highest BCUT2D eigenvalue weighted by Gasteiger charge is 2.07. The van der Waals surface area contributed by atoms with Gasteiger partial charge >= 0.3 is 0 Å². The van der Waals surface area contributed by atoms with Crippen LogP contribution >= 0.6 is 11.6 Å². The lowest BCUT2D eigenvalue weighted by molar-refractivity contribution is 0.469. The van der Waals surface area contributed by atoms with Gasteiger partial charge in [0.15, 0.2) is 0 Å². The van der Waals surface area contributed by atoms with Gasteiger partial charge in [-0.15, -0.1) is 0 Å². The van der Waals surface area contributed by atoms with Gasteiger partial charge in [0.25, 0.3) is 0 Å². The zero-order valence-electron chi connectivity index (χ0n) is 9.05. The molecule has 2 heteroatoms. The Labute approximate surface area is 91.5 Å². The monoisotopic (exact) mass is 211 g/mol. The van der Waals surface area contributed by atoms with Crippen molar-refractivity contribution in [3.05, 3.63) is 34.9 Å². The van der Waals surface area contributed by atoms with Crippen molar-refractivity contribution in [2.75, 3.05) is 0 Å². The molecule has 1 rings (SSSR count). The molecule has 0 bridgehead atoms. The fraction of sp³-hybridized carbons (Fsp3) is 0.500. The fourth-order valence-electron chi connectivity index (χ4n) is 1.42. The standard InChI is InChI=1S/C12H18ClN/c1-4-9(2)14-10(3)11-6-5-7-12(13)8-11/h5-10,14H,4H2,1-3H3/t9?,10-/m0/s1. The van der Waals surface area contributed by atoms with Crippen molar-refractivity contribution >= 4 is 11.6 Å². The van der Waals surface area contributed by atoms with Gasteiger partial charge in [0.05, 0.1) is 0 Å². The quantitative estimate of drug-likeness (QED) is 0.799. The Morgan fingerprint density at radius 2 is 2.07 bits per heavy atom. The first-order chi connectivity index (χ1) is 6.63. The number of hydrogen-bond donors (Lipinski definition) is 1. The summed E-state index contributed by atoms with van der Waals surface area (Å²) in [5.41, 5.74) is 1.25. The first kappa shape index (κ1) is 11.5. The molecule has 1 aromatic rings. The first-order valence-corrected chi connectivity index (χ1v) is 5.52. The Kier molecular flexibility index (Phi) is 4.43. The van der Waals surface area contributed by atoms with E-state index in [1.54, 1.807) is 0 Å². The highest BCUT2D eigenvalue weighted by molar-refractivity contribution is 6.30. The van der Waals surface area contributed by atoms with E-state index in [1.807, 2.05) is 18.2 Å². The van der Waals surface area contributed by atoms with E-state index in [1.165, 1.54) is 5.56 Å². The Balaban J connectivity index is 2.64. The molecule has 0 aromatic heterocycles. The summed E-state index contributed by atoms with van der Waals surface area (Å²) in [5.74, 6) is 0. The summed E-state index contributed by atoms with van der Waals surface area (Å²) in [7, 11) is 0. The summed E-state index contributed by atoms with van der Waals surface area (Å²) in [6.45, 7) is 6.54. The Morgan fingerprint density at radius 1 is 1.36 bits per heavy atom. The lowest BCUT2D eigenvalue weighted by atomic mass is 10.1. The van der Waals surface area contributed by atoms with Crippen LogP contribution in [0.1, 0.15) is 38.8 Å². The van der Waals surface area contributed by atoms with E-state index in [0.29, 0.717) is 12.1 Å². The second kappa shape index (κ2) is 5.38. The average Bonchev–Trinajstić information content (AvgIpc) is 2.17. The van der Waals surface area contributed by atoms with Crippen molar-refractivity contribution < 1.29 is 0 Å². The van der Waals surface area contributed by atoms with Gasteiger partial charge in [-0.3, -0.25) is 0 Å². The van der Waals surface area contributed by atoms with Crippen LogP contribution in [0.2, 0.25) is 5.02 Å². The summed E-state index contributed by atoms with van der Waals surface area (Å²) >= 11 is 5.93. The largest absolute Gasteiger partial charge is 0.308 e. The molecule has 0 radical (unpaired) electrons. The van der Waals surface area contributed by atoms with Crippen molar-refractivity contribution in [3.8, 4) is 0 Å². The molecule has 0 spiro atoms. The predicted molar refractivity (Wildman–Crippen MR) is 62.8 cm³/mol. The smallest absolute Gasteiger partial charge is 0.0409 e. The lowest BCUT2D eigenvalue weighted by Gasteiger charge is -2.19. The third kappa shape index (κ3) is 3.32. The summed E-state index contributed by atoms with van der Waals surface area (Å²) in [4.78, 5) is 0. The molecular formula is C12H18ClN. The summed E-state index contributed by atoms with van der Waals surface area (Å²) < 4.78 is 0. The number of hydrogen-bond acceptors (Lipinski definition) is 1. The van der Waals surface area contributed by atoms with Crippen LogP contribution in [-0.4, -0.2) is 6.04 Å². The minimum absolute atomic E-state index is 0.364.